The largest absolute Gasteiger partial charge is 0.489 e. The highest BCUT2D eigenvalue weighted by Gasteiger charge is 2.26. The third-order valence-corrected chi connectivity index (χ3v) is 5.75. The van der Waals surface area contributed by atoms with Gasteiger partial charge in [0.25, 0.3) is 0 Å². The van der Waals surface area contributed by atoms with Crippen molar-refractivity contribution < 1.29 is 23.5 Å². The molecule has 1 atom stereocenters. The van der Waals surface area contributed by atoms with Crippen molar-refractivity contribution in [3.05, 3.63) is 89.7 Å². The van der Waals surface area contributed by atoms with Gasteiger partial charge in [-0.3, -0.25) is 4.79 Å². The van der Waals surface area contributed by atoms with Crippen LogP contribution in [0.2, 0.25) is 0 Å². The molecule has 1 heterocycles. The number of carbonyl (C=O) groups excluding carboxylic acids is 2. The fourth-order valence-corrected chi connectivity index (χ4v) is 4.10. The van der Waals surface area contributed by atoms with Gasteiger partial charge in [-0.1, -0.05) is 49.4 Å². The van der Waals surface area contributed by atoms with Crippen LogP contribution in [0.25, 0.3) is 22.1 Å². The minimum absolute atomic E-state index is 0.213. The lowest BCUT2D eigenvalue weighted by atomic mass is 9.98. The zero-order chi connectivity index (χ0) is 24.8. The smallest absolute Gasteiger partial charge is 0.333 e. The number of rotatable bonds is 9. The standard InChI is InChI=1S/C29H29NO5/c1-4-20-9-8-10-22(15-20)25-17-21(16-23-13-14-34-28(23)25)18-35-26-12-7-6-11-24(26)27(30-19(3)31)29(32)33-5-2/h6-17,27H,4-5,18H2,1-3H3,(H,30,31). The maximum Gasteiger partial charge on any atom is 0.333 e. The Morgan fingerprint density at radius 3 is 2.57 bits per heavy atom. The number of benzene rings is 3. The Kier molecular flexibility index (Phi) is 7.51. The average Bonchev–Trinajstić information content (AvgIpc) is 3.34. The van der Waals surface area contributed by atoms with E-state index in [-0.39, 0.29) is 19.1 Å². The molecule has 4 aromatic rings. The third-order valence-electron chi connectivity index (χ3n) is 5.75. The summed E-state index contributed by atoms with van der Waals surface area (Å²) >= 11 is 0. The van der Waals surface area contributed by atoms with E-state index in [1.165, 1.54) is 12.5 Å². The van der Waals surface area contributed by atoms with Crippen molar-refractivity contribution in [2.24, 2.45) is 0 Å². The lowest BCUT2D eigenvalue weighted by molar-refractivity contribution is -0.147. The van der Waals surface area contributed by atoms with E-state index in [1.807, 2.05) is 18.2 Å². The number of amides is 1. The molecule has 0 aliphatic rings. The van der Waals surface area contributed by atoms with Crippen LogP contribution in [0, 0.1) is 0 Å². The molecule has 0 saturated heterocycles. The van der Waals surface area contributed by atoms with E-state index in [4.69, 9.17) is 13.9 Å². The van der Waals surface area contributed by atoms with Crippen LogP contribution >= 0.6 is 0 Å². The highest BCUT2D eigenvalue weighted by molar-refractivity contribution is 5.93. The highest BCUT2D eigenvalue weighted by atomic mass is 16.5. The number of nitrogens with one attached hydrogen (secondary N) is 1. The summed E-state index contributed by atoms with van der Waals surface area (Å²) in [7, 11) is 0. The Morgan fingerprint density at radius 2 is 1.80 bits per heavy atom. The third kappa shape index (κ3) is 5.54. The Balaban J connectivity index is 1.65. The molecule has 0 fully saturated rings. The molecular formula is C29H29NO5. The molecule has 4 rings (SSSR count). The van der Waals surface area contributed by atoms with Crippen LogP contribution in [0.4, 0.5) is 0 Å². The molecule has 1 unspecified atom stereocenters. The van der Waals surface area contributed by atoms with Gasteiger partial charge in [0.2, 0.25) is 5.91 Å². The molecule has 0 radical (unpaired) electrons. The second-order valence-corrected chi connectivity index (χ2v) is 8.25. The first-order chi connectivity index (χ1) is 17.0. The van der Waals surface area contributed by atoms with Crippen LogP contribution in [-0.2, 0) is 27.4 Å². The van der Waals surface area contributed by atoms with Gasteiger partial charge in [-0.2, -0.15) is 0 Å². The predicted octanol–water partition coefficient (Wildman–Crippen LogP) is 5.98. The summed E-state index contributed by atoms with van der Waals surface area (Å²) in [6, 6.07) is 20.7. The van der Waals surface area contributed by atoms with Gasteiger partial charge >= 0.3 is 5.97 Å². The van der Waals surface area contributed by atoms with E-state index in [0.29, 0.717) is 11.3 Å². The van der Waals surface area contributed by atoms with Crippen molar-refractivity contribution in [3.63, 3.8) is 0 Å². The first-order valence-electron chi connectivity index (χ1n) is 11.7. The highest BCUT2D eigenvalue weighted by Crippen LogP contribution is 2.33. The van der Waals surface area contributed by atoms with Crippen molar-refractivity contribution in [3.8, 4) is 16.9 Å². The molecule has 1 aromatic heterocycles. The normalized spacial score (nSPS) is 11.7. The van der Waals surface area contributed by atoms with Crippen LogP contribution in [0.5, 0.6) is 5.75 Å². The van der Waals surface area contributed by atoms with Crippen LogP contribution < -0.4 is 10.1 Å². The zero-order valence-corrected chi connectivity index (χ0v) is 20.2. The van der Waals surface area contributed by atoms with Gasteiger partial charge in [-0.15, -0.1) is 0 Å². The van der Waals surface area contributed by atoms with Gasteiger partial charge < -0.3 is 19.2 Å². The number of hydrogen-bond acceptors (Lipinski definition) is 5. The Hall–Kier alpha value is -4.06. The molecule has 35 heavy (non-hydrogen) atoms. The van der Waals surface area contributed by atoms with Gasteiger partial charge in [0.15, 0.2) is 6.04 Å². The second-order valence-electron chi connectivity index (χ2n) is 8.25. The molecule has 0 saturated carbocycles. The number of furan rings is 1. The topological polar surface area (TPSA) is 77.8 Å². The number of esters is 1. The number of ether oxygens (including phenoxy) is 2. The van der Waals surface area contributed by atoms with Gasteiger partial charge in [0.05, 0.1) is 12.9 Å². The van der Waals surface area contributed by atoms with Gasteiger partial charge in [0.1, 0.15) is 17.9 Å². The molecule has 0 aliphatic carbocycles. The molecule has 0 aliphatic heterocycles. The van der Waals surface area contributed by atoms with Crippen LogP contribution in [-0.4, -0.2) is 18.5 Å². The van der Waals surface area contributed by atoms with Gasteiger partial charge in [-0.25, -0.2) is 4.79 Å². The van der Waals surface area contributed by atoms with E-state index >= 15 is 0 Å². The van der Waals surface area contributed by atoms with Crippen LogP contribution in [0.15, 0.2) is 77.4 Å². The van der Waals surface area contributed by atoms with Crippen molar-refractivity contribution in [2.75, 3.05) is 6.61 Å². The summed E-state index contributed by atoms with van der Waals surface area (Å²) in [5, 5.41) is 3.66. The Labute approximate surface area is 204 Å². The van der Waals surface area contributed by atoms with Crippen molar-refractivity contribution in [1.29, 1.82) is 0 Å². The average molecular weight is 472 g/mol. The number of hydrogen-bond donors (Lipinski definition) is 1. The Bertz CT molecular complexity index is 1340. The van der Waals surface area contributed by atoms with Crippen molar-refractivity contribution >= 4 is 22.8 Å². The van der Waals surface area contributed by atoms with E-state index in [9.17, 15) is 9.59 Å². The predicted molar refractivity (Wildman–Crippen MR) is 135 cm³/mol. The zero-order valence-electron chi connectivity index (χ0n) is 20.2. The summed E-state index contributed by atoms with van der Waals surface area (Å²) in [6.07, 6.45) is 2.64. The molecule has 6 heteroatoms. The van der Waals surface area contributed by atoms with E-state index in [1.54, 1.807) is 31.4 Å². The summed E-state index contributed by atoms with van der Waals surface area (Å²) in [5.74, 6) is -0.361. The monoisotopic (exact) mass is 471 g/mol. The van der Waals surface area contributed by atoms with E-state index < -0.39 is 12.0 Å². The lowest BCUT2D eigenvalue weighted by Gasteiger charge is -2.20. The molecule has 180 valence electrons. The summed E-state index contributed by atoms with van der Waals surface area (Å²) in [4.78, 5) is 24.3. The minimum Gasteiger partial charge on any atom is -0.489 e. The van der Waals surface area contributed by atoms with E-state index in [0.717, 1.165) is 34.1 Å². The first kappa shape index (κ1) is 24.1. The van der Waals surface area contributed by atoms with Gasteiger partial charge in [-0.05, 0) is 54.3 Å². The number of aryl methyl sites for hydroxylation is 1. The summed E-state index contributed by atoms with van der Waals surface area (Å²) in [6.45, 7) is 5.71. The molecule has 1 N–H and O–H groups in total. The van der Waals surface area contributed by atoms with E-state index in [2.05, 4.69) is 42.6 Å². The first-order valence-corrected chi connectivity index (χ1v) is 11.7. The summed E-state index contributed by atoms with van der Waals surface area (Å²) in [5.41, 5.74) is 5.66. The number of fused-ring (bicyclic) bond motifs is 1. The van der Waals surface area contributed by atoms with Crippen LogP contribution in [0.1, 0.15) is 43.5 Å². The minimum atomic E-state index is -0.952. The lowest BCUT2D eigenvalue weighted by Crippen LogP contribution is -2.33. The van der Waals surface area contributed by atoms with Crippen LogP contribution in [0.3, 0.4) is 0 Å². The molecule has 3 aromatic carbocycles. The van der Waals surface area contributed by atoms with Crippen molar-refractivity contribution in [1.82, 2.24) is 5.32 Å². The second kappa shape index (κ2) is 10.9. The molecule has 1 amide bonds. The summed E-state index contributed by atoms with van der Waals surface area (Å²) < 4.78 is 17.2. The maximum atomic E-state index is 12.6. The number of carbonyl (C=O) groups is 2. The molecular weight excluding hydrogens is 442 g/mol. The SMILES string of the molecule is CCOC(=O)C(NC(C)=O)c1ccccc1OCc1cc(-c2cccc(CC)c2)c2occc2c1. The molecule has 6 nitrogen and oxygen atoms in total. The quantitative estimate of drug-likeness (QED) is 0.304. The fraction of sp³-hybridized carbons (Fsp3) is 0.241. The number of para-hydroxylation sites is 1. The fourth-order valence-electron chi connectivity index (χ4n) is 4.10. The maximum absolute atomic E-state index is 12.6. The van der Waals surface area contributed by atoms with Gasteiger partial charge in [0, 0.05) is 23.4 Å². The molecule has 0 spiro atoms. The van der Waals surface area contributed by atoms with Crippen molar-refractivity contribution in [2.45, 2.75) is 39.8 Å². The Morgan fingerprint density at radius 1 is 0.971 bits per heavy atom. The molecule has 0 bridgehead atoms.